The second kappa shape index (κ2) is 8.53. The molecule has 0 saturated heterocycles. The maximum Gasteiger partial charge on any atom is 0.326 e. The van der Waals surface area contributed by atoms with E-state index in [0.29, 0.717) is 5.69 Å². The molecule has 1 heterocycles. The van der Waals surface area contributed by atoms with Crippen molar-refractivity contribution in [2.45, 2.75) is 12.5 Å². The molecule has 10 nitrogen and oxygen atoms in total. The maximum atomic E-state index is 11.5. The Kier molecular flexibility index (Phi) is 6.68. The molecular weight excluding hydrogens is 282 g/mol. The third-order valence-corrected chi connectivity index (χ3v) is 2.36. The van der Waals surface area contributed by atoms with Gasteiger partial charge in [0.15, 0.2) is 0 Å². The Balaban J connectivity index is 2.29. The largest absolute Gasteiger partial charge is 0.480 e. The van der Waals surface area contributed by atoms with Gasteiger partial charge in [0.05, 0.1) is 12.9 Å². The lowest BCUT2D eigenvalue weighted by Crippen LogP contribution is -2.47. The van der Waals surface area contributed by atoms with Crippen LogP contribution in [-0.2, 0) is 20.7 Å². The molecule has 0 aromatic carbocycles. The van der Waals surface area contributed by atoms with Gasteiger partial charge in [-0.25, -0.2) is 14.6 Å². The number of carbonyl (C=O) groups excluding carboxylic acids is 2. The summed E-state index contributed by atoms with van der Waals surface area (Å²) in [7, 11) is 0. The van der Waals surface area contributed by atoms with E-state index in [4.69, 9.17) is 15.6 Å². The molecule has 0 aliphatic heterocycles. The monoisotopic (exact) mass is 299 g/mol. The molecule has 0 bridgehead atoms. The van der Waals surface area contributed by atoms with Gasteiger partial charge in [0.1, 0.15) is 12.6 Å². The number of H-pyrrole nitrogens is 1. The van der Waals surface area contributed by atoms with E-state index in [1.165, 1.54) is 12.5 Å². The number of carboxylic acids is 1. The Labute approximate surface area is 120 Å². The molecule has 1 rings (SSSR count). The Morgan fingerprint density at radius 2 is 2.24 bits per heavy atom. The highest BCUT2D eigenvalue weighted by Crippen LogP contribution is 1.98. The molecule has 3 amide bonds. The second-order valence-corrected chi connectivity index (χ2v) is 4.09. The number of nitrogens with zero attached hydrogens (tertiary/aromatic N) is 1. The van der Waals surface area contributed by atoms with Crippen LogP contribution in [0.15, 0.2) is 12.5 Å². The smallest absolute Gasteiger partial charge is 0.326 e. The van der Waals surface area contributed by atoms with Crippen LogP contribution in [0.3, 0.4) is 0 Å². The minimum Gasteiger partial charge on any atom is -0.480 e. The first-order valence-corrected chi connectivity index (χ1v) is 6.09. The summed E-state index contributed by atoms with van der Waals surface area (Å²) < 4.78 is 4.84. The summed E-state index contributed by atoms with van der Waals surface area (Å²) in [5, 5.41) is 13.8. The standard InChI is InChI=1S/C11H17N5O5/c12-9(17)5-21-2-1-14-11(20)16-8(10(18)19)3-7-4-13-6-15-7/h4,6,8H,1-3,5H2,(H2,12,17)(H,13,15)(H,18,19)(H2,14,16,20)/t8-/m0/s1. The van der Waals surface area contributed by atoms with Crippen molar-refractivity contribution in [2.24, 2.45) is 5.73 Å². The van der Waals surface area contributed by atoms with E-state index in [2.05, 4.69) is 20.6 Å². The molecular formula is C11H17N5O5. The van der Waals surface area contributed by atoms with Crippen LogP contribution in [0.5, 0.6) is 0 Å². The number of aromatic amines is 1. The van der Waals surface area contributed by atoms with E-state index in [1.54, 1.807) is 0 Å². The van der Waals surface area contributed by atoms with Gasteiger partial charge in [-0.3, -0.25) is 4.79 Å². The molecule has 1 atom stereocenters. The van der Waals surface area contributed by atoms with Gasteiger partial charge in [-0.1, -0.05) is 0 Å². The zero-order valence-electron chi connectivity index (χ0n) is 11.2. The molecule has 0 unspecified atom stereocenters. The fourth-order valence-corrected chi connectivity index (χ4v) is 1.44. The number of carboxylic acid groups (broad SMARTS) is 1. The van der Waals surface area contributed by atoms with E-state index in [-0.39, 0.29) is 26.2 Å². The number of hydrogen-bond donors (Lipinski definition) is 5. The number of ether oxygens (including phenoxy) is 1. The Bertz CT molecular complexity index is 475. The van der Waals surface area contributed by atoms with E-state index in [0.717, 1.165) is 0 Å². The summed E-state index contributed by atoms with van der Waals surface area (Å²) in [6.07, 6.45) is 2.98. The molecule has 0 spiro atoms. The third kappa shape index (κ3) is 6.92. The quantitative estimate of drug-likeness (QED) is 0.338. The van der Waals surface area contributed by atoms with Crippen LogP contribution in [0.1, 0.15) is 5.69 Å². The molecule has 0 fully saturated rings. The number of hydrogen-bond acceptors (Lipinski definition) is 5. The fraction of sp³-hybridized carbons (Fsp3) is 0.455. The lowest BCUT2D eigenvalue weighted by Gasteiger charge is -2.14. The van der Waals surface area contributed by atoms with Crippen molar-refractivity contribution in [3.8, 4) is 0 Å². The van der Waals surface area contributed by atoms with E-state index in [1.807, 2.05) is 0 Å². The molecule has 116 valence electrons. The first-order valence-electron chi connectivity index (χ1n) is 6.09. The zero-order valence-corrected chi connectivity index (χ0v) is 11.2. The molecule has 1 aromatic heterocycles. The van der Waals surface area contributed by atoms with E-state index >= 15 is 0 Å². The van der Waals surface area contributed by atoms with Crippen LogP contribution in [0.4, 0.5) is 4.79 Å². The van der Waals surface area contributed by atoms with Crippen LogP contribution < -0.4 is 16.4 Å². The molecule has 0 aliphatic carbocycles. The minimum atomic E-state index is -1.16. The highest BCUT2D eigenvalue weighted by atomic mass is 16.5. The normalized spacial score (nSPS) is 11.6. The minimum absolute atomic E-state index is 0.0843. The summed E-state index contributed by atoms with van der Waals surface area (Å²) in [6.45, 7) is -0.0228. The number of aromatic nitrogens is 2. The fourth-order valence-electron chi connectivity index (χ4n) is 1.44. The van der Waals surface area contributed by atoms with Gasteiger partial charge in [0.2, 0.25) is 5.91 Å². The highest BCUT2D eigenvalue weighted by molar-refractivity contribution is 5.82. The zero-order chi connectivity index (χ0) is 15.7. The van der Waals surface area contributed by atoms with Crippen molar-refractivity contribution < 1.29 is 24.2 Å². The topological polar surface area (TPSA) is 159 Å². The van der Waals surface area contributed by atoms with Gasteiger partial charge in [-0.15, -0.1) is 0 Å². The van der Waals surface area contributed by atoms with Crippen LogP contribution in [0, 0.1) is 0 Å². The molecule has 6 N–H and O–H groups in total. The Morgan fingerprint density at radius 3 is 2.81 bits per heavy atom. The number of aliphatic carboxylic acids is 1. The summed E-state index contributed by atoms with van der Waals surface area (Å²) in [4.78, 5) is 39.5. The highest BCUT2D eigenvalue weighted by Gasteiger charge is 2.20. The number of rotatable bonds is 9. The van der Waals surface area contributed by atoms with Gasteiger partial charge in [0.25, 0.3) is 0 Å². The third-order valence-electron chi connectivity index (χ3n) is 2.36. The maximum absolute atomic E-state index is 11.5. The molecule has 0 saturated carbocycles. The van der Waals surface area contributed by atoms with Gasteiger partial charge >= 0.3 is 12.0 Å². The van der Waals surface area contributed by atoms with E-state index in [9.17, 15) is 14.4 Å². The molecule has 10 heteroatoms. The SMILES string of the molecule is NC(=O)COCCNC(=O)N[C@@H](Cc1cnc[nH]1)C(=O)O. The number of nitrogens with two attached hydrogens (primary N) is 1. The molecule has 1 aromatic rings. The Hall–Kier alpha value is -2.62. The predicted molar refractivity (Wildman–Crippen MR) is 70.3 cm³/mol. The van der Waals surface area contributed by atoms with Crippen LogP contribution in [0.25, 0.3) is 0 Å². The lowest BCUT2D eigenvalue weighted by atomic mass is 10.2. The van der Waals surface area contributed by atoms with Crippen LogP contribution in [-0.4, -0.2) is 58.8 Å². The van der Waals surface area contributed by atoms with Crippen molar-refractivity contribution in [1.29, 1.82) is 0 Å². The van der Waals surface area contributed by atoms with Gasteiger partial charge in [-0.05, 0) is 0 Å². The van der Waals surface area contributed by atoms with Gasteiger partial charge < -0.3 is 31.2 Å². The number of carbonyl (C=O) groups is 3. The summed E-state index contributed by atoms with van der Waals surface area (Å²) in [6, 6.07) is -1.73. The van der Waals surface area contributed by atoms with Crippen LogP contribution >= 0.6 is 0 Å². The van der Waals surface area contributed by atoms with Crippen molar-refractivity contribution in [3.05, 3.63) is 18.2 Å². The van der Waals surface area contributed by atoms with Crippen LogP contribution in [0.2, 0.25) is 0 Å². The first kappa shape index (κ1) is 16.4. The van der Waals surface area contributed by atoms with Gasteiger partial charge in [0, 0.05) is 24.9 Å². The molecule has 21 heavy (non-hydrogen) atoms. The predicted octanol–water partition coefficient (Wildman–Crippen LogP) is -1.79. The van der Waals surface area contributed by atoms with Gasteiger partial charge in [-0.2, -0.15) is 0 Å². The number of nitrogens with one attached hydrogen (secondary N) is 3. The van der Waals surface area contributed by atoms with E-state index < -0.39 is 23.9 Å². The number of urea groups is 1. The Morgan fingerprint density at radius 1 is 1.48 bits per heavy atom. The molecule has 0 radical (unpaired) electrons. The summed E-state index contributed by atoms with van der Waals surface area (Å²) in [5.41, 5.74) is 5.45. The van der Waals surface area contributed by atoms with Crippen molar-refractivity contribution in [3.63, 3.8) is 0 Å². The van der Waals surface area contributed by atoms with Crippen molar-refractivity contribution >= 4 is 17.9 Å². The summed E-state index contributed by atoms with van der Waals surface area (Å²) in [5.74, 6) is -1.77. The number of primary amides is 1. The first-order chi connectivity index (χ1) is 9.99. The van der Waals surface area contributed by atoms with Crippen molar-refractivity contribution in [2.75, 3.05) is 19.8 Å². The van der Waals surface area contributed by atoms with Crippen molar-refractivity contribution in [1.82, 2.24) is 20.6 Å². The summed E-state index contributed by atoms with van der Waals surface area (Å²) >= 11 is 0. The lowest BCUT2D eigenvalue weighted by molar-refractivity contribution is -0.139. The number of imidazole rings is 1. The average Bonchev–Trinajstić information content (AvgIpc) is 2.90. The number of amides is 3. The molecule has 0 aliphatic rings. The second-order valence-electron chi connectivity index (χ2n) is 4.09. The average molecular weight is 299 g/mol.